The average molecular weight is 400 g/mol. The van der Waals surface area contributed by atoms with E-state index in [0.717, 1.165) is 10.4 Å². The number of hydrogen-bond donors (Lipinski definition) is 2. The first-order valence-corrected chi connectivity index (χ1v) is 10.1. The second-order valence-electron chi connectivity index (χ2n) is 7.98. The molecule has 1 atom stereocenters. The van der Waals surface area contributed by atoms with Gasteiger partial charge in [0.2, 0.25) is 11.8 Å². The van der Waals surface area contributed by atoms with Crippen molar-refractivity contribution in [3.05, 3.63) is 52.2 Å². The molecule has 0 aliphatic carbocycles. The van der Waals surface area contributed by atoms with E-state index in [0.29, 0.717) is 5.69 Å². The van der Waals surface area contributed by atoms with Crippen LogP contribution in [0, 0.1) is 5.41 Å². The Morgan fingerprint density at radius 2 is 1.75 bits per heavy atom. The molecule has 1 aromatic heterocycles. The van der Waals surface area contributed by atoms with E-state index in [1.807, 2.05) is 29.6 Å². The molecular weight excluding hydrogens is 374 g/mol. The van der Waals surface area contributed by atoms with Crippen LogP contribution in [0.5, 0.6) is 0 Å². The van der Waals surface area contributed by atoms with Gasteiger partial charge >= 0.3 is 6.03 Å². The molecule has 1 saturated heterocycles. The molecule has 3 rings (SSSR count). The molecule has 1 aliphatic rings. The molecule has 148 valence electrons. The summed E-state index contributed by atoms with van der Waals surface area (Å²) in [6.07, 6.45) is 0.579. The zero-order valence-corrected chi connectivity index (χ0v) is 17.1. The van der Waals surface area contributed by atoms with Crippen LogP contribution >= 0.6 is 11.3 Å². The quantitative estimate of drug-likeness (QED) is 0.736. The molecule has 0 radical (unpaired) electrons. The first-order chi connectivity index (χ1) is 13.2. The molecule has 6 nitrogen and oxygen atoms in total. The molecule has 1 aliphatic heterocycles. The van der Waals surface area contributed by atoms with Gasteiger partial charge in [-0.2, -0.15) is 0 Å². The van der Waals surface area contributed by atoms with Crippen LogP contribution in [0.25, 0.3) is 0 Å². The van der Waals surface area contributed by atoms with Crippen LogP contribution in [0.3, 0.4) is 0 Å². The number of imide groups is 1. The van der Waals surface area contributed by atoms with Crippen molar-refractivity contribution >= 4 is 34.9 Å². The van der Waals surface area contributed by atoms with Gasteiger partial charge in [0.15, 0.2) is 0 Å². The number of hydrogen-bond acceptors (Lipinski definition) is 4. The van der Waals surface area contributed by atoms with Gasteiger partial charge in [-0.25, -0.2) is 4.79 Å². The normalized spacial score (nSPS) is 15.6. The molecule has 0 unspecified atom stereocenters. The number of thiophene rings is 1. The van der Waals surface area contributed by atoms with Crippen molar-refractivity contribution < 1.29 is 14.4 Å². The Kier molecular flexibility index (Phi) is 5.84. The standard InChI is InChI=1S/C21H25N3O3S/c1-21(2,3)19(16-5-4-12-28-16)23-20(27)22-15-8-6-14(7-9-15)13-24-17(25)10-11-18(24)26/h4-9,12,19H,10-11,13H2,1-3H3,(H2,22,23,27)/t19-/m1/s1. The lowest BCUT2D eigenvalue weighted by Crippen LogP contribution is -2.38. The van der Waals surface area contributed by atoms with E-state index in [9.17, 15) is 14.4 Å². The van der Waals surface area contributed by atoms with Crippen LogP contribution in [0.1, 0.15) is 50.1 Å². The van der Waals surface area contributed by atoms with Crippen molar-refractivity contribution in [2.24, 2.45) is 5.41 Å². The van der Waals surface area contributed by atoms with Crippen molar-refractivity contribution in [1.29, 1.82) is 0 Å². The second kappa shape index (κ2) is 8.14. The highest BCUT2D eigenvalue weighted by Gasteiger charge is 2.29. The molecule has 2 aromatic rings. The zero-order chi connectivity index (χ0) is 20.3. The van der Waals surface area contributed by atoms with Gasteiger partial charge < -0.3 is 10.6 Å². The summed E-state index contributed by atoms with van der Waals surface area (Å²) in [6, 6.07) is 10.8. The maximum absolute atomic E-state index is 12.5. The van der Waals surface area contributed by atoms with E-state index in [4.69, 9.17) is 0 Å². The van der Waals surface area contributed by atoms with E-state index in [2.05, 4.69) is 31.4 Å². The number of anilines is 1. The summed E-state index contributed by atoms with van der Waals surface area (Å²) in [5, 5.41) is 7.91. The van der Waals surface area contributed by atoms with Crippen LogP contribution < -0.4 is 10.6 Å². The van der Waals surface area contributed by atoms with Gasteiger partial charge in [-0.05, 0) is 34.6 Å². The molecule has 2 heterocycles. The highest BCUT2D eigenvalue weighted by atomic mass is 32.1. The second-order valence-corrected chi connectivity index (χ2v) is 8.96. The molecule has 28 heavy (non-hydrogen) atoms. The summed E-state index contributed by atoms with van der Waals surface area (Å²) in [5.74, 6) is -0.262. The van der Waals surface area contributed by atoms with Gasteiger partial charge in [0.25, 0.3) is 0 Å². The third-order valence-electron chi connectivity index (χ3n) is 4.68. The zero-order valence-electron chi connectivity index (χ0n) is 16.3. The van der Waals surface area contributed by atoms with Gasteiger partial charge in [0.1, 0.15) is 0 Å². The minimum absolute atomic E-state index is 0.0982. The fraction of sp³-hybridized carbons (Fsp3) is 0.381. The van der Waals surface area contributed by atoms with Gasteiger partial charge in [-0.1, -0.05) is 39.0 Å². The number of amides is 4. The van der Waals surface area contributed by atoms with E-state index in [1.165, 1.54) is 4.90 Å². The fourth-order valence-corrected chi connectivity index (χ4v) is 4.16. The van der Waals surface area contributed by atoms with Crippen molar-refractivity contribution in [2.45, 2.75) is 46.2 Å². The largest absolute Gasteiger partial charge is 0.330 e. The predicted octanol–water partition coefficient (Wildman–Crippen LogP) is 4.31. The Morgan fingerprint density at radius 1 is 1.11 bits per heavy atom. The van der Waals surface area contributed by atoms with Crippen LogP contribution in [0.2, 0.25) is 0 Å². The van der Waals surface area contributed by atoms with Crippen LogP contribution in [0.4, 0.5) is 10.5 Å². The molecule has 0 saturated carbocycles. The molecule has 7 heteroatoms. The minimum Gasteiger partial charge on any atom is -0.330 e. The van der Waals surface area contributed by atoms with Crippen LogP contribution in [-0.2, 0) is 16.1 Å². The summed E-state index contributed by atoms with van der Waals surface area (Å²) in [6.45, 7) is 6.54. The number of nitrogens with one attached hydrogen (secondary N) is 2. The van der Waals surface area contributed by atoms with Crippen molar-refractivity contribution in [3.8, 4) is 0 Å². The van der Waals surface area contributed by atoms with Crippen LogP contribution in [0.15, 0.2) is 41.8 Å². The molecule has 1 aromatic carbocycles. The lowest BCUT2D eigenvalue weighted by atomic mass is 9.86. The maximum atomic E-state index is 12.5. The Hall–Kier alpha value is -2.67. The lowest BCUT2D eigenvalue weighted by molar-refractivity contribution is -0.139. The number of carbonyl (C=O) groups excluding carboxylic acids is 3. The van der Waals surface area contributed by atoms with Crippen LogP contribution in [-0.4, -0.2) is 22.7 Å². The summed E-state index contributed by atoms with van der Waals surface area (Å²) < 4.78 is 0. The summed E-state index contributed by atoms with van der Waals surface area (Å²) >= 11 is 1.62. The Labute approximate surface area is 168 Å². The Bertz CT molecular complexity index is 838. The van der Waals surface area contributed by atoms with Gasteiger partial charge in [0, 0.05) is 23.4 Å². The number of benzene rings is 1. The first kappa shape index (κ1) is 20.1. The number of rotatable bonds is 5. The number of carbonyl (C=O) groups is 3. The highest BCUT2D eigenvalue weighted by molar-refractivity contribution is 7.10. The minimum atomic E-state index is -0.272. The molecule has 1 fully saturated rings. The molecule has 2 N–H and O–H groups in total. The molecule has 0 spiro atoms. The number of urea groups is 1. The third-order valence-corrected chi connectivity index (χ3v) is 5.61. The van der Waals surface area contributed by atoms with E-state index in [1.54, 1.807) is 23.5 Å². The molecule has 4 amide bonds. The topological polar surface area (TPSA) is 78.5 Å². The van der Waals surface area contributed by atoms with E-state index in [-0.39, 0.29) is 48.7 Å². The van der Waals surface area contributed by atoms with Gasteiger partial charge in [-0.3, -0.25) is 14.5 Å². The summed E-state index contributed by atoms with van der Waals surface area (Å²) in [5.41, 5.74) is 1.38. The molecular formula is C21H25N3O3S. The predicted molar refractivity (Wildman–Crippen MR) is 110 cm³/mol. The van der Waals surface area contributed by atoms with Gasteiger partial charge in [0.05, 0.1) is 12.6 Å². The van der Waals surface area contributed by atoms with Crippen molar-refractivity contribution in [1.82, 2.24) is 10.2 Å². The monoisotopic (exact) mass is 399 g/mol. The molecule has 0 bridgehead atoms. The fourth-order valence-electron chi connectivity index (χ4n) is 3.14. The van der Waals surface area contributed by atoms with Crippen molar-refractivity contribution in [3.63, 3.8) is 0 Å². The van der Waals surface area contributed by atoms with E-state index < -0.39 is 0 Å². The highest BCUT2D eigenvalue weighted by Crippen LogP contribution is 2.35. The maximum Gasteiger partial charge on any atom is 0.319 e. The van der Waals surface area contributed by atoms with Crippen molar-refractivity contribution in [2.75, 3.05) is 5.32 Å². The SMILES string of the molecule is CC(C)(C)[C@H](NC(=O)Nc1ccc(CN2C(=O)CCC2=O)cc1)c1cccs1. The summed E-state index contributed by atoms with van der Waals surface area (Å²) in [4.78, 5) is 38.3. The third kappa shape index (κ3) is 4.78. The van der Waals surface area contributed by atoms with Gasteiger partial charge in [-0.15, -0.1) is 11.3 Å². The number of nitrogens with zero attached hydrogens (tertiary/aromatic N) is 1. The first-order valence-electron chi connectivity index (χ1n) is 9.27. The number of likely N-dealkylation sites (tertiary alicyclic amines) is 1. The van der Waals surface area contributed by atoms with E-state index >= 15 is 0 Å². The lowest BCUT2D eigenvalue weighted by Gasteiger charge is -2.30. The Morgan fingerprint density at radius 3 is 2.29 bits per heavy atom. The smallest absolute Gasteiger partial charge is 0.319 e. The Balaban J connectivity index is 1.61. The average Bonchev–Trinajstić information content (AvgIpc) is 3.26. The summed E-state index contributed by atoms with van der Waals surface area (Å²) in [7, 11) is 0.